The molecule has 12 heteroatoms. The number of hydrogen-bond acceptors (Lipinski definition) is 8. The summed E-state index contributed by atoms with van der Waals surface area (Å²) in [5, 5.41) is 7.65. The molecule has 2 heterocycles. The van der Waals surface area contributed by atoms with Gasteiger partial charge in [0.25, 0.3) is 15.9 Å². The number of carbonyl (C=O) groups is 1. The van der Waals surface area contributed by atoms with Crippen molar-refractivity contribution in [2.45, 2.75) is 4.90 Å². The Morgan fingerprint density at radius 3 is 2.26 bits per heavy atom. The Balaban J connectivity index is 1.37. The molecule has 4 aromatic carbocycles. The molecule has 1 saturated heterocycles. The lowest BCUT2D eigenvalue weighted by Gasteiger charge is -2.30. The maximum Gasteiger partial charge on any atom is 0.264 e. The Kier molecular flexibility index (Phi) is 8.90. The molecule has 2 N–H and O–H groups in total. The highest BCUT2D eigenvalue weighted by Crippen LogP contribution is 2.32. The molecule has 46 heavy (non-hydrogen) atoms. The number of nitrogens with zero attached hydrogens (tertiary/aromatic N) is 3. The monoisotopic (exact) mass is 639 g/mol. The lowest BCUT2D eigenvalue weighted by atomic mass is 10.1. The second-order valence-corrected chi connectivity index (χ2v) is 12.1. The Morgan fingerprint density at radius 2 is 1.54 bits per heavy atom. The van der Waals surface area contributed by atoms with E-state index in [1.54, 1.807) is 67.6 Å². The third-order valence-electron chi connectivity index (χ3n) is 7.52. The molecule has 0 radical (unpaired) electrons. The lowest BCUT2D eigenvalue weighted by Crippen LogP contribution is -2.37. The maximum absolute atomic E-state index is 13.9. The third-order valence-corrected chi connectivity index (χ3v) is 8.93. The van der Waals surface area contributed by atoms with Gasteiger partial charge in [-0.2, -0.15) is 5.10 Å². The van der Waals surface area contributed by atoms with Crippen molar-refractivity contribution in [3.05, 3.63) is 109 Å². The van der Waals surface area contributed by atoms with E-state index in [4.69, 9.17) is 19.3 Å². The summed E-state index contributed by atoms with van der Waals surface area (Å²) < 4.78 is 48.1. The minimum absolute atomic E-state index is 0.0241. The smallest absolute Gasteiger partial charge is 0.264 e. The molecule has 0 bridgehead atoms. The molecule has 1 aromatic heterocycles. The van der Waals surface area contributed by atoms with Gasteiger partial charge in [-0.15, -0.1) is 0 Å². The molecule has 1 aliphatic heterocycles. The molecule has 6 rings (SSSR count). The second-order valence-electron chi connectivity index (χ2n) is 10.5. The average molecular weight is 640 g/mol. The molecule has 11 nitrogen and oxygen atoms in total. The first kappa shape index (κ1) is 30.7. The number of sulfonamides is 1. The average Bonchev–Trinajstić information content (AvgIpc) is 3.55. The molecule has 0 saturated carbocycles. The second kappa shape index (κ2) is 13.3. The number of para-hydroxylation sites is 1. The van der Waals surface area contributed by atoms with Crippen molar-refractivity contribution in [1.82, 2.24) is 9.78 Å². The molecular formula is C34H33N5O6S. The van der Waals surface area contributed by atoms with E-state index in [0.717, 1.165) is 5.69 Å². The van der Waals surface area contributed by atoms with E-state index in [2.05, 4.69) is 10.0 Å². The first-order chi connectivity index (χ1) is 22.3. The Hall–Kier alpha value is -5.33. The van der Waals surface area contributed by atoms with Crippen LogP contribution in [0.2, 0.25) is 0 Å². The maximum atomic E-state index is 13.9. The molecule has 236 valence electrons. The van der Waals surface area contributed by atoms with Crippen molar-refractivity contribution < 1.29 is 27.4 Å². The van der Waals surface area contributed by atoms with E-state index in [9.17, 15) is 13.2 Å². The van der Waals surface area contributed by atoms with Crippen molar-refractivity contribution in [3.8, 4) is 28.4 Å². The topological polar surface area (TPSA) is 124 Å². The molecular weight excluding hydrogens is 606 g/mol. The van der Waals surface area contributed by atoms with Crippen LogP contribution in [0.25, 0.3) is 16.9 Å². The van der Waals surface area contributed by atoms with Crippen LogP contribution in [0, 0.1) is 0 Å². The van der Waals surface area contributed by atoms with Crippen LogP contribution in [0.1, 0.15) is 10.4 Å². The standard InChI is InChI=1S/C34H33N5O6S/c1-43-28-14-11-25(12-15-28)37-46(41,42)32-22-26(13-16-31(32)38-17-19-45-20-18-38)35-34(40)30-23-39(27-8-4-3-5-9-27)36-33(30)24-7-6-10-29(21-24)44-2/h3-16,21-23,37H,17-20H2,1-2H3,(H,35,40). The summed E-state index contributed by atoms with van der Waals surface area (Å²) >= 11 is 0. The van der Waals surface area contributed by atoms with Gasteiger partial charge in [-0.25, -0.2) is 13.1 Å². The van der Waals surface area contributed by atoms with Crippen LogP contribution in [0.5, 0.6) is 11.5 Å². The normalized spacial score (nSPS) is 13.2. The van der Waals surface area contributed by atoms with Gasteiger partial charge >= 0.3 is 0 Å². The number of morpholine rings is 1. The van der Waals surface area contributed by atoms with Gasteiger partial charge < -0.3 is 24.4 Å². The number of carbonyl (C=O) groups excluding carboxylic acids is 1. The number of rotatable bonds is 10. The summed E-state index contributed by atoms with van der Waals surface area (Å²) in [5.41, 5.74) is 3.40. The van der Waals surface area contributed by atoms with Crippen molar-refractivity contribution in [2.75, 3.05) is 55.5 Å². The minimum Gasteiger partial charge on any atom is -0.497 e. The van der Waals surface area contributed by atoms with E-state index < -0.39 is 15.9 Å². The van der Waals surface area contributed by atoms with Crippen molar-refractivity contribution in [2.24, 2.45) is 0 Å². The van der Waals surface area contributed by atoms with Crippen molar-refractivity contribution in [3.63, 3.8) is 0 Å². The van der Waals surface area contributed by atoms with Crippen LogP contribution in [0.4, 0.5) is 17.1 Å². The number of benzene rings is 4. The van der Waals surface area contributed by atoms with Gasteiger partial charge in [-0.05, 0) is 66.7 Å². The summed E-state index contributed by atoms with van der Waals surface area (Å²) in [7, 11) is -0.966. The first-order valence-electron chi connectivity index (χ1n) is 14.6. The molecule has 0 aliphatic carbocycles. The summed E-state index contributed by atoms with van der Waals surface area (Å²) in [6.07, 6.45) is 1.66. The van der Waals surface area contributed by atoms with Gasteiger partial charge in [0, 0.05) is 36.2 Å². The summed E-state index contributed by atoms with van der Waals surface area (Å²) in [5.74, 6) is 0.771. The number of anilines is 3. The summed E-state index contributed by atoms with van der Waals surface area (Å²) in [4.78, 5) is 15.9. The van der Waals surface area contributed by atoms with Crippen LogP contribution in [-0.4, -0.2) is 64.6 Å². The van der Waals surface area contributed by atoms with E-state index in [1.807, 2.05) is 53.4 Å². The van der Waals surface area contributed by atoms with Crippen LogP contribution in [0.3, 0.4) is 0 Å². The number of amides is 1. The fraction of sp³-hybridized carbons (Fsp3) is 0.176. The predicted molar refractivity (Wildman–Crippen MR) is 177 cm³/mol. The van der Waals surface area contributed by atoms with Gasteiger partial charge in [0.05, 0.1) is 44.4 Å². The quantitative estimate of drug-likeness (QED) is 0.207. The Morgan fingerprint density at radius 1 is 0.826 bits per heavy atom. The fourth-order valence-corrected chi connectivity index (χ4v) is 6.49. The first-order valence-corrected chi connectivity index (χ1v) is 16.1. The number of aromatic nitrogens is 2. The number of nitrogens with one attached hydrogen (secondary N) is 2. The molecule has 1 aliphatic rings. The lowest BCUT2D eigenvalue weighted by molar-refractivity contribution is 0.102. The van der Waals surface area contributed by atoms with Crippen LogP contribution in [-0.2, 0) is 14.8 Å². The molecule has 1 fully saturated rings. The van der Waals surface area contributed by atoms with Crippen LogP contribution < -0.4 is 24.4 Å². The highest BCUT2D eigenvalue weighted by Gasteiger charge is 2.26. The van der Waals surface area contributed by atoms with E-state index in [0.29, 0.717) is 71.7 Å². The zero-order valence-electron chi connectivity index (χ0n) is 25.3. The fourth-order valence-electron chi connectivity index (χ4n) is 5.18. The zero-order valence-corrected chi connectivity index (χ0v) is 26.2. The molecule has 0 unspecified atom stereocenters. The minimum atomic E-state index is -4.08. The molecule has 1 amide bonds. The SMILES string of the molecule is COc1ccc(NS(=O)(=O)c2cc(NC(=O)c3cn(-c4ccccc4)nc3-c3cccc(OC)c3)ccc2N2CCOCC2)cc1. The number of ether oxygens (including phenoxy) is 3. The van der Waals surface area contributed by atoms with E-state index in [-0.39, 0.29) is 4.90 Å². The summed E-state index contributed by atoms with van der Waals surface area (Å²) in [6, 6.07) is 28.2. The van der Waals surface area contributed by atoms with Gasteiger partial charge in [0.2, 0.25) is 0 Å². The van der Waals surface area contributed by atoms with Crippen LogP contribution >= 0.6 is 0 Å². The molecule has 0 spiro atoms. The molecule has 5 aromatic rings. The van der Waals surface area contributed by atoms with Gasteiger partial charge in [0.15, 0.2) is 0 Å². The predicted octanol–water partition coefficient (Wildman–Crippen LogP) is 5.45. The highest BCUT2D eigenvalue weighted by molar-refractivity contribution is 7.92. The third kappa shape index (κ3) is 6.67. The van der Waals surface area contributed by atoms with E-state index in [1.165, 1.54) is 6.07 Å². The zero-order chi connectivity index (χ0) is 32.1. The highest BCUT2D eigenvalue weighted by atomic mass is 32.2. The number of hydrogen-bond donors (Lipinski definition) is 2. The van der Waals surface area contributed by atoms with Gasteiger partial charge in [0.1, 0.15) is 22.1 Å². The Bertz CT molecular complexity index is 1940. The van der Waals surface area contributed by atoms with Crippen molar-refractivity contribution >= 4 is 33.0 Å². The van der Waals surface area contributed by atoms with Crippen LogP contribution in [0.15, 0.2) is 108 Å². The van der Waals surface area contributed by atoms with Gasteiger partial charge in [-0.3, -0.25) is 9.52 Å². The number of methoxy groups -OCH3 is 2. The summed E-state index contributed by atoms with van der Waals surface area (Å²) in [6.45, 7) is 2.00. The van der Waals surface area contributed by atoms with E-state index >= 15 is 0 Å². The Labute approximate surface area is 267 Å². The molecule has 0 atom stereocenters. The van der Waals surface area contributed by atoms with Crippen molar-refractivity contribution in [1.29, 1.82) is 0 Å². The largest absolute Gasteiger partial charge is 0.497 e. The van der Waals surface area contributed by atoms with Gasteiger partial charge in [-0.1, -0.05) is 30.3 Å².